The van der Waals surface area contributed by atoms with E-state index in [4.69, 9.17) is 0 Å². The standard InChI is InChI=1S/C11H5F9N2O3S/c12-8(13,10(16,17)18)9(14,15)11(19,20)26(25)21-5-6-1-3-7(4-2-6)22(23)24/h1-5H/b21-5+/t26-/m0/s1. The number of halogens is 9. The lowest BCUT2D eigenvalue weighted by atomic mass is 10.1. The van der Waals surface area contributed by atoms with Gasteiger partial charge in [0.1, 0.15) is 0 Å². The van der Waals surface area contributed by atoms with Crippen molar-refractivity contribution in [2.45, 2.75) is 23.3 Å². The summed E-state index contributed by atoms with van der Waals surface area (Å²) in [6, 6.07) is 3.32. The molecule has 1 rings (SSSR count). The van der Waals surface area contributed by atoms with E-state index in [0.29, 0.717) is 0 Å². The number of nitro benzene ring substituents is 1. The molecule has 0 unspecified atom stereocenters. The normalized spacial score (nSPS) is 15.3. The average molecular weight is 416 g/mol. The topological polar surface area (TPSA) is 72.6 Å². The minimum Gasteiger partial charge on any atom is -0.258 e. The molecule has 15 heteroatoms. The summed E-state index contributed by atoms with van der Waals surface area (Å²) in [4.78, 5) is 9.52. The maximum absolute atomic E-state index is 13.3. The fourth-order valence-corrected chi connectivity index (χ4v) is 2.02. The van der Waals surface area contributed by atoms with Crippen molar-refractivity contribution in [3.8, 4) is 0 Å². The third kappa shape index (κ3) is 3.81. The van der Waals surface area contributed by atoms with E-state index in [1.54, 1.807) is 0 Å². The maximum Gasteiger partial charge on any atom is 0.460 e. The zero-order valence-corrected chi connectivity index (χ0v) is 12.6. The van der Waals surface area contributed by atoms with Crippen LogP contribution in [-0.4, -0.2) is 38.6 Å². The van der Waals surface area contributed by atoms with Crippen molar-refractivity contribution in [3.63, 3.8) is 0 Å². The van der Waals surface area contributed by atoms with Crippen molar-refractivity contribution in [1.82, 2.24) is 0 Å². The molecule has 26 heavy (non-hydrogen) atoms. The van der Waals surface area contributed by atoms with Gasteiger partial charge in [0.15, 0.2) is 0 Å². The van der Waals surface area contributed by atoms with Crippen LogP contribution in [0.25, 0.3) is 0 Å². The first-order valence-electron chi connectivity index (χ1n) is 5.96. The Kier molecular flexibility index (Phi) is 5.75. The third-order valence-corrected chi connectivity index (χ3v) is 3.73. The molecule has 0 bridgehead atoms. The van der Waals surface area contributed by atoms with Crippen LogP contribution in [0.1, 0.15) is 5.56 Å². The fourth-order valence-electron chi connectivity index (χ4n) is 1.33. The van der Waals surface area contributed by atoms with Crippen LogP contribution in [0.3, 0.4) is 0 Å². The van der Waals surface area contributed by atoms with Crippen LogP contribution >= 0.6 is 0 Å². The van der Waals surface area contributed by atoms with Gasteiger partial charge in [-0.3, -0.25) is 10.1 Å². The van der Waals surface area contributed by atoms with Crippen molar-refractivity contribution in [2.24, 2.45) is 4.40 Å². The van der Waals surface area contributed by atoms with Crippen LogP contribution in [0, 0.1) is 10.1 Å². The molecule has 0 spiro atoms. The van der Waals surface area contributed by atoms with Gasteiger partial charge >= 0.3 is 23.3 Å². The molecule has 0 radical (unpaired) electrons. The monoisotopic (exact) mass is 416 g/mol. The summed E-state index contributed by atoms with van der Waals surface area (Å²) < 4.78 is 127. The highest BCUT2D eigenvalue weighted by Gasteiger charge is 2.83. The van der Waals surface area contributed by atoms with E-state index in [0.717, 1.165) is 24.3 Å². The number of hydrogen-bond donors (Lipinski definition) is 0. The van der Waals surface area contributed by atoms with Crippen LogP contribution in [0.4, 0.5) is 45.2 Å². The van der Waals surface area contributed by atoms with Crippen molar-refractivity contribution >= 4 is 22.9 Å². The van der Waals surface area contributed by atoms with E-state index in [1.165, 1.54) is 0 Å². The number of rotatable bonds is 6. The first-order valence-corrected chi connectivity index (χ1v) is 7.07. The lowest BCUT2D eigenvalue weighted by Gasteiger charge is -2.31. The fraction of sp³-hybridized carbons (Fsp3) is 0.364. The van der Waals surface area contributed by atoms with E-state index < -0.39 is 44.9 Å². The molecule has 0 saturated heterocycles. The minimum atomic E-state index is -7.18. The van der Waals surface area contributed by atoms with E-state index in [-0.39, 0.29) is 11.8 Å². The van der Waals surface area contributed by atoms with Crippen LogP contribution < -0.4 is 0 Å². The van der Waals surface area contributed by atoms with Gasteiger partial charge in [-0.15, -0.1) is 0 Å². The minimum absolute atomic E-state index is 0.190. The number of hydrogen-bond acceptors (Lipinski definition) is 3. The molecule has 1 aromatic carbocycles. The Morgan fingerprint density at radius 3 is 1.77 bits per heavy atom. The lowest BCUT2D eigenvalue weighted by molar-refractivity contribution is -0.384. The maximum atomic E-state index is 13.3. The highest BCUT2D eigenvalue weighted by Crippen LogP contribution is 2.54. The molecule has 146 valence electrons. The van der Waals surface area contributed by atoms with Gasteiger partial charge in [-0.2, -0.15) is 43.9 Å². The summed E-state index contributed by atoms with van der Waals surface area (Å²) in [7, 11) is -4.52. The Morgan fingerprint density at radius 2 is 1.38 bits per heavy atom. The number of nitro groups is 1. The highest BCUT2D eigenvalue weighted by atomic mass is 32.2. The van der Waals surface area contributed by atoms with Crippen LogP contribution in [0.15, 0.2) is 28.7 Å². The summed E-state index contributed by atoms with van der Waals surface area (Å²) in [5.41, 5.74) is -0.768. The van der Waals surface area contributed by atoms with Crippen LogP contribution in [-0.2, 0) is 11.0 Å². The van der Waals surface area contributed by atoms with Crippen molar-refractivity contribution in [1.29, 1.82) is 0 Å². The quantitative estimate of drug-likeness (QED) is 0.303. The molecule has 0 aliphatic carbocycles. The zero-order valence-electron chi connectivity index (χ0n) is 11.8. The van der Waals surface area contributed by atoms with E-state index >= 15 is 0 Å². The molecule has 0 saturated carbocycles. The number of alkyl halides is 9. The summed E-state index contributed by atoms with van der Waals surface area (Å²) in [6.07, 6.45) is -6.85. The zero-order chi connectivity index (χ0) is 20.6. The van der Waals surface area contributed by atoms with Crippen molar-refractivity contribution in [3.05, 3.63) is 39.9 Å². The van der Waals surface area contributed by atoms with Crippen LogP contribution in [0.2, 0.25) is 0 Å². The molecular weight excluding hydrogens is 411 g/mol. The number of non-ortho nitro benzene ring substituents is 1. The highest BCUT2D eigenvalue weighted by molar-refractivity contribution is 7.85. The molecule has 1 atom stereocenters. The van der Waals surface area contributed by atoms with Gasteiger partial charge in [-0.1, -0.05) is 0 Å². The molecular formula is C11H5F9N2O3S. The molecule has 1 aromatic rings. The van der Waals surface area contributed by atoms with Gasteiger partial charge in [-0.05, 0) is 17.7 Å². The second-order valence-electron chi connectivity index (χ2n) is 4.50. The molecule has 0 N–H and O–H groups in total. The second-order valence-corrected chi connectivity index (χ2v) is 5.72. The van der Waals surface area contributed by atoms with Gasteiger partial charge in [-0.25, -0.2) is 4.21 Å². The van der Waals surface area contributed by atoms with Gasteiger partial charge in [0.25, 0.3) is 5.69 Å². The molecule has 5 nitrogen and oxygen atoms in total. The number of benzene rings is 1. The Labute approximate surface area is 140 Å². The van der Waals surface area contributed by atoms with E-state index in [9.17, 15) is 53.8 Å². The van der Waals surface area contributed by atoms with Gasteiger partial charge < -0.3 is 0 Å². The van der Waals surface area contributed by atoms with Crippen LogP contribution in [0.5, 0.6) is 0 Å². The van der Waals surface area contributed by atoms with Crippen molar-refractivity contribution in [2.75, 3.05) is 0 Å². The summed E-state index contributed by atoms with van der Waals surface area (Å²) in [5.74, 6) is -14.2. The third-order valence-electron chi connectivity index (χ3n) is 2.74. The smallest absolute Gasteiger partial charge is 0.258 e. The first-order chi connectivity index (χ1) is 11.6. The molecule has 0 heterocycles. The predicted molar refractivity (Wildman–Crippen MR) is 69.7 cm³/mol. The molecule has 0 aromatic heterocycles. The molecule has 0 aliphatic heterocycles. The van der Waals surface area contributed by atoms with Crippen molar-refractivity contribution < 1.29 is 48.6 Å². The first kappa shape index (κ1) is 21.9. The van der Waals surface area contributed by atoms with E-state index in [1.807, 2.05) is 0 Å². The Balaban J connectivity index is 3.12. The second kappa shape index (κ2) is 6.85. The molecule has 0 aliphatic rings. The van der Waals surface area contributed by atoms with Gasteiger partial charge in [0.2, 0.25) is 11.0 Å². The average Bonchev–Trinajstić information content (AvgIpc) is 2.51. The van der Waals surface area contributed by atoms with E-state index in [2.05, 4.69) is 4.40 Å². The predicted octanol–water partition coefficient (Wildman–Crippen LogP) is 4.10. The molecule has 0 fully saturated rings. The Morgan fingerprint density at radius 1 is 0.923 bits per heavy atom. The van der Waals surface area contributed by atoms with Gasteiger partial charge in [0.05, 0.1) is 4.92 Å². The summed E-state index contributed by atoms with van der Waals surface area (Å²) >= 11 is 0. The Bertz CT molecular complexity index is 731. The largest absolute Gasteiger partial charge is 0.460 e. The molecule has 0 amide bonds. The SMILES string of the molecule is O=[N+]([O-])c1ccc(/C=N/[S@@](=O)C(F)(F)C(F)(F)C(F)(F)C(F)(F)F)cc1. The lowest BCUT2D eigenvalue weighted by Crippen LogP contribution is -2.61. The Hall–Kier alpha value is -2.19. The summed E-state index contributed by atoms with van der Waals surface area (Å²) in [6.45, 7) is 0. The number of nitrogens with zero attached hydrogens (tertiary/aromatic N) is 2. The van der Waals surface area contributed by atoms with Gasteiger partial charge in [0, 0.05) is 18.3 Å². The summed E-state index contributed by atoms with van der Waals surface area (Å²) in [5, 5.41) is 4.00.